The molecule has 0 radical (unpaired) electrons. The van der Waals surface area contributed by atoms with E-state index in [4.69, 9.17) is 0 Å². The molecule has 0 unspecified atom stereocenters. The average Bonchev–Trinajstić information content (AvgIpc) is 2.96. The fourth-order valence-corrected chi connectivity index (χ4v) is 3.04. The molecular weight excluding hydrogens is 302 g/mol. The van der Waals surface area contributed by atoms with E-state index < -0.39 is 0 Å². The Morgan fingerprint density at radius 2 is 2.04 bits per heavy atom. The Balaban J connectivity index is 1.62. The summed E-state index contributed by atoms with van der Waals surface area (Å²) in [4.78, 5) is 17.2. The third-order valence-electron chi connectivity index (χ3n) is 4.48. The van der Waals surface area contributed by atoms with Gasteiger partial charge in [-0.25, -0.2) is 0 Å². The molecular formula is C18H25N5O. The van der Waals surface area contributed by atoms with Gasteiger partial charge < -0.3 is 10.2 Å². The van der Waals surface area contributed by atoms with E-state index in [2.05, 4.69) is 33.8 Å². The summed E-state index contributed by atoms with van der Waals surface area (Å²) in [6.07, 6.45) is 1.79. The highest BCUT2D eigenvalue weighted by molar-refractivity contribution is 6.04. The highest BCUT2D eigenvalue weighted by atomic mass is 16.1. The normalized spacial score (nSPS) is 16.4. The Hall–Kier alpha value is -2.18. The number of nitrogens with zero attached hydrogens (tertiary/aromatic N) is 4. The van der Waals surface area contributed by atoms with E-state index >= 15 is 0 Å². The van der Waals surface area contributed by atoms with Gasteiger partial charge in [0.25, 0.3) is 5.91 Å². The van der Waals surface area contributed by atoms with Crippen LogP contribution in [-0.2, 0) is 6.54 Å². The number of benzene rings is 1. The number of aromatic nitrogens is 2. The molecule has 1 aromatic carbocycles. The Morgan fingerprint density at radius 1 is 1.29 bits per heavy atom. The van der Waals surface area contributed by atoms with E-state index in [0.29, 0.717) is 18.8 Å². The third-order valence-corrected chi connectivity index (χ3v) is 4.48. The zero-order chi connectivity index (χ0) is 16.9. The lowest BCUT2D eigenvalue weighted by Crippen LogP contribution is -2.46. The fourth-order valence-electron chi connectivity index (χ4n) is 3.04. The van der Waals surface area contributed by atoms with Gasteiger partial charge in [0.1, 0.15) is 0 Å². The van der Waals surface area contributed by atoms with E-state index in [1.807, 2.05) is 28.9 Å². The van der Waals surface area contributed by atoms with Crippen molar-refractivity contribution in [1.82, 2.24) is 24.9 Å². The van der Waals surface area contributed by atoms with Crippen molar-refractivity contribution < 1.29 is 4.79 Å². The maximum Gasteiger partial charge on any atom is 0.272 e. The van der Waals surface area contributed by atoms with E-state index in [1.54, 1.807) is 6.08 Å². The van der Waals surface area contributed by atoms with Crippen LogP contribution in [0.1, 0.15) is 10.5 Å². The summed E-state index contributed by atoms with van der Waals surface area (Å²) in [7, 11) is 2.14. The van der Waals surface area contributed by atoms with Crippen LogP contribution in [0.15, 0.2) is 36.9 Å². The molecule has 1 N–H and O–H groups in total. The van der Waals surface area contributed by atoms with Crippen LogP contribution in [0.25, 0.3) is 10.9 Å². The molecule has 0 bridgehead atoms. The predicted octanol–water partition coefficient (Wildman–Crippen LogP) is 1.20. The summed E-state index contributed by atoms with van der Waals surface area (Å²) in [5.74, 6) is -0.108. The van der Waals surface area contributed by atoms with E-state index in [-0.39, 0.29) is 5.91 Å². The van der Waals surface area contributed by atoms with Gasteiger partial charge in [-0.15, -0.1) is 6.58 Å². The van der Waals surface area contributed by atoms with E-state index in [0.717, 1.165) is 43.6 Å². The fraction of sp³-hybridized carbons (Fsp3) is 0.444. The summed E-state index contributed by atoms with van der Waals surface area (Å²) in [6, 6.07) is 7.81. The monoisotopic (exact) mass is 327 g/mol. The Morgan fingerprint density at radius 3 is 2.79 bits per heavy atom. The zero-order valence-corrected chi connectivity index (χ0v) is 14.2. The van der Waals surface area contributed by atoms with Crippen LogP contribution in [0.2, 0.25) is 0 Å². The van der Waals surface area contributed by atoms with Crippen LogP contribution in [-0.4, -0.2) is 71.8 Å². The maximum absolute atomic E-state index is 12.5. The minimum atomic E-state index is -0.108. The number of piperazine rings is 1. The molecule has 6 heteroatoms. The van der Waals surface area contributed by atoms with Gasteiger partial charge in [0.05, 0.1) is 12.1 Å². The number of allylic oxidation sites excluding steroid dienone is 1. The van der Waals surface area contributed by atoms with Crippen LogP contribution in [0.3, 0.4) is 0 Å². The van der Waals surface area contributed by atoms with Gasteiger partial charge in [-0.05, 0) is 13.1 Å². The van der Waals surface area contributed by atoms with Crippen molar-refractivity contribution >= 4 is 16.8 Å². The summed E-state index contributed by atoms with van der Waals surface area (Å²) in [5.41, 5.74) is 1.45. The van der Waals surface area contributed by atoms with Crippen molar-refractivity contribution in [3.8, 4) is 0 Å². The predicted molar refractivity (Wildman–Crippen MR) is 96.2 cm³/mol. The first-order chi connectivity index (χ1) is 11.7. The van der Waals surface area contributed by atoms with Gasteiger partial charge in [-0.2, -0.15) is 5.10 Å². The average molecular weight is 327 g/mol. The second-order valence-corrected chi connectivity index (χ2v) is 6.24. The van der Waals surface area contributed by atoms with E-state index in [9.17, 15) is 4.79 Å². The Labute approximate surface area is 142 Å². The molecule has 0 spiro atoms. The van der Waals surface area contributed by atoms with Gasteiger partial charge >= 0.3 is 0 Å². The van der Waals surface area contributed by atoms with Crippen molar-refractivity contribution in [2.24, 2.45) is 0 Å². The summed E-state index contributed by atoms with van der Waals surface area (Å²) in [5, 5.41) is 8.36. The molecule has 3 rings (SSSR count). The van der Waals surface area contributed by atoms with Crippen molar-refractivity contribution in [1.29, 1.82) is 0 Å². The molecule has 0 saturated carbocycles. The van der Waals surface area contributed by atoms with Gasteiger partial charge in [0.2, 0.25) is 0 Å². The van der Waals surface area contributed by atoms with Crippen LogP contribution in [0, 0.1) is 0 Å². The molecule has 2 aromatic rings. The van der Waals surface area contributed by atoms with Crippen LogP contribution in [0.4, 0.5) is 0 Å². The molecule has 0 atom stereocenters. The molecule has 1 amide bonds. The Kier molecular flexibility index (Phi) is 5.27. The molecule has 128 valence electrons. The first-order valence-corrected chi connectivity index (χ1v) is 8.44. The first-order valence-electron chi connectivity index (χ1n) is 8.44. The number of para-hydroxylation sites is 1. The smallest absolute Gasteiger partial charge is 0.272 e. The van der Waals surface area contributed by atoms with E-state index in [1.165, 1.54) is 0 Å². The number of nitrogens with one attached hydrogen (secondary N) is 1. The number of carbonyl (C=O) groups is 1. The lowest BCUT2D eigenvalue weighted by molar-refractivity contribution is 0.0937. The molecule has 24 heavy (non-hydrogen) atoms. The molecule has 2 heterocycles. The standard InChI is InChI=1S/C18H25N5O/c1-3-9-23-16-7-5-4-6-15(16)17(20-23)18(24)19-8-10-22-13-11-21(2)12-14-22/h3-7H,1,8-14H2,2H3,(H,19,24). The molecule has 1 aliphatic rings. The van der Waals surface area contributed by atoms with Gasteiger partial charge in [0.15, 0.2) is 5.69 Å². The minimum Gasteiger partial charge on any atom is -0.349 e. The van der Waals surface area contributed by atoms with Crippen LogP contribution in [0.5, 0.6) is 0 Å². The lowest BCUT2D eigenvalue weighted by atomic mass is 10.2. The first kappa shape index (κ1) is 16.7. The number of carbonyl (C=O) groups excluding carboxylic acids is 1. The highest BCUT2D eigenvalue weighted by Crippen LogP contribution is 2.18. The summed E-state index contributed by atoms with van der Waals surface area (Å²) >= 11 is 0. The largest absolute Gasteiger partial charge is 0.349 e. The third kappa shape index (κ3) is 3.66. The number of fused-ring (bicyclic) bond motifs is 1. The summed E-state index contributed by atoms with van der Waals surface area (Å²) in [6.45, 7) is 10.2. The number of hydrogen-bond acceptors (Lipinski definition) is 4. The number of amides is 1. The van der Waals surface area contributed by atoms with Gasteiger partial charge in [0, 0.05) is 44.7 Å². The maximum atomic E-state index is 12.5. The molecule has 0 aliphatic carbocycles. The van der Waals surface area contributed by atoms with Crippen molar-refractivity contribution in [2.75, 3.05) is 46.3 Å². The highest BCUT2D eigenvalue weighted by Gasteiger charge is 2.17. The van der Waals surface area contributed by atoms with Crippen LogP contribution < -0.4 is 5.32 Å². The molecule has 1 aliphatic heterocycles. The SMILES string of the molecule is C=CCn1nc(C(=O)NCCN2CCN(C)CC2)c2ccccc21. The molecule has 6 nitrogen and oxygen atoms in total. The molecule has 1 aromatic heterocycles. The topological polar surface area (TPSA) is 53.4 Å². The summed E-state index contributed by atoms with van der Waals surface area (Å²) < 4.78 is 1.82. The van der Waals surface area contributed by atoms with Gasteiger partial charge in [-0.3, -0.25) is 14.4 Å². The number of hydrogen-bond donors (Lipinski definition) is 1. The zero-order valence-electron chi connectivity index (χ0n) is 14.2. The second-order valence-electron chi connectivity index (χ2n) is 6.24. The quantitative estimate of drug-likeness (QED) is 0.810. The second kappa shape index (κ2) is 7.59. The van der Waals surface area contributed by atoms with Crippen molar-refractivity contribution in [3.05, 3.63) is 42.6 Å². The number of likely N-dealkylation sites (N-methyl/N-ethyl adjacent to an activating group) is 1. The minimum absolute atomic E-state index is 0.108. The lowest BCUT2D eigenvalue weighted by Gasteiger charge is -2.32. The van der Waals surface area contributed by atoms with Crippen molar-refractivity contribution in [3.63, 3.8) is 0 Å². The van der Waals surface area contributed by atoms with Crippen LogP contribution >= 0.6 is 0 Å². The Bertz CT molecular complexity index is 715. The molecule has 1 fully saturated rings. The number of rotatable bonds is 6. The molecule has 1 saturated heterocycles. The van der Waals surface area contributed by atoms with Crippen molar-refractivity contribution in [2.45, 2.75) is 6.54 Å². The van der Waals surface area contributed by atoms with Gasteiger partial charge in [-0.1, -0.05) is 24.3 Å².